The quantitative estimate of drug-likeness (QED) is 0.670. The molecule has 2 aromatic heterocycles. The summed E-state index contributed by atoms with van der Waals surface area (Å²) < 4.78 is 7.31. The van der Waals surface area contributed by atoms with Crippen LogP contribution in [0.4, 0.5) is 0 Å². The molecule has 0 bridgehead atoms. The molecule has 1 aliphatic rings. The van der Waals surface area contributed by atoms with Crippen LogP contribution in [0.3, 0.4) is 0 Å². The van der Waals surface area contributed by atoms with E-state index in [0.29, 0.717) is 36.4 Å². The lowest BCUT2D eigenvalue weighted by Crippen LogP contribution is -2.42. The number of amides is 1. The Kier molecular flexibility index (Phi) is 5.27. The summed E-state index contributed by atoms with van der Waals surface area (Å²) >= 11 is 0. The zero-order chi connectivity index (χ0) is 19.3. The number of likely N-dealkylation sites (tertiary alicyclic amines) is 1. The minimum Gasteiger partial charge on any atom is -0.473 e. The van der Waals surface area contributed by atoms with Crippen molar-refractivity contribution in [3.8, 4) is 5.88 Å². The van der Waals surface area contributed by atoms with E-state index in [1.807, 2.05) is 17.0 Å². The minimum atomic E-state index is -0.116. The Hall–Kier alpha value is -3.29. The van der Waals surface area contributed by atoms with E-state index in [1.54, 1.807) is 30.7 Å². The van der Waals surface area contributed by atoms with Crippen molar-refractivity contribution in [1.29, 1.82) is 0 Å². The van der Waals surface area contributed by atoms with Crippen molar-refractivity contribution >= 4 is 16.8 Å². The van der Waals surface area contributed by atoms with Gasteiger partial charge in [-0.2, -0.15) is 0 Å². The van der Waals surface area contributed by atoms with E-state index in [4.69, 9.17) is 4.74 Å². The third kappa shape index (κ3) is 4.00. The van der Waals surface area contributed by atoms with E-state index >= 15 is 0 Å². The first-order valence-corrected chi connectivity index (χ1v) is 9.35. The molecule has 8 heteroatoms. The number of carbonyl (C=O) groups is 1. The first-order valence-electron chi connectivity index (χ1n) is 9.35. The number of aryl methyl sites for hydroxylation is 1. The van der Waals surface area contributed by atoms with Crippen LogP contribution in [0.2, 0.25) is 0 Å². The van der Waals surface area contributed by atoms with Crippen molar-refractivity contribution in [3.63, 3.8) is 0 Å². The fraction of sp³-hybridized carbons (Fsp3) is 0.350. The van der Waals surface area contributed by atoms with Gasteiger partial charge in [-0.25, -0.2) is 9.97 Å². The molecule has 0 radical (unpaired) electrons. The van der Waals surface area contributed by atoms with Crippen molar-refractivity contribution in [1.82, 2.24) is 24.4 Å². The average molecular weight is 379 g/mol. The third-order valence-corrected chi connectivity index (χ3v) is 4.92. The molecule has 28 heavy (non-hydrogen) atoms. The molecule has 3 aromatic rings. The Labute approximate surface area is 161 Å². The molecule has 0 aliphatic carbocycles. The number of hydrogen-bond acceptors (Lipinski definition) is 6. The van der Waals surface area contributed by atoms with Crippen LogP contribution in [0, 0.1) is 0 Å². The van der Waals surface area contributed by atoms with Crippen molar-refractivity contribution in [2.24, 2.45) is 0 Å². The molecular weight excluding hydrogens is 358 g/mol. The zero-order valence-corrected chi connectivity index (χ0v) is 15.4. The van der Waals surface area contributed by atoms with Gasteiger partial charge in [-0.3, -0.25) is 19.1 Å². The SMILES string of the molecule is O=C(CCn1cnc2ccccc2c1=O)N1CCC(Oc2cnccn2)CC1. The maximum atomic E-state index is 12.5. The van der Waals surface area contributed by atoms with Gasteiger partial charge in [0.25, 0.3) is 5.56 Å². The zero-order valence-electron chi connectivity index (χ0n) is 15.4. The Balaban J connectivity index is 1.30. The van der Waals surface area contributed by atoms with Crippen LogP contribution >= 0.6 is 0 Å². The van der Waals surface area contributed by atoms with Crippen molar-refractivity contribution in [3.05, 3.63) is 59.5 Å². The Morgan fingerprint density at radius 1 is 1.14 bits per heavy atom. The van der Waals surface area contributed by atoms with Gasteiger partial charge in [0, 0.05) is 51.3 Å². The van der Waals surface area contributed by atoms with Crippen molar-refractivity contribution in [2.45, 2.75) is 31.9 Å². The van der Waals surface area contributed by atoms with Crippen LogP contribution in [0.1, 0.15) is 19.3 Å². The molecule has 1 saturated heterocycles. The van der Waals surface area contributed by atoms with E-state index in [0.717, 1.165) is 12.8 Å². The number of ether oxygens (including phenoxy) is 1. The van der Waals surface area contributed by atoms with Gasteiger partial charge in [0.15, 0.2) is 0 Å². The highest BCUT2D eigenvalue weighted by atomic mass is 16.5. The van der Waals surface area contributed by atoms with E-state index in [1.165, 1.54) is 10.9 Å². The lowest BCUT2D eigenvalue weighted by molar-refractivity contribution is -0.133. The summed E-state index contributed by atoms with van der Waals surface area (Å²) in [5.74, 6) is 0.550. The van der Waals surface area contributed by atoms with Crippen molar-refractivity contribution < 1.29 is 9.53 Å². The lowest BCUT2D eigenvalue weighted by atomic mass is 10.1. The van der Waals surface area contributed by atoms with Gasteiger partial charge in [0.2, 0.25) is 11.8 Å². The molecule has 144 valence electrons. The van der Waals surface area contributed by atoms with Crippen LogP contribution in [-0.2, 0) is 11.3 Å². The highest BCUT2D eigenvalue weighted by Gasteiger charge is 2.24. The van der Waals surface area contributed by atoms with Crippen LogP contribution < -0.4 is 10.3 Å². The smallest absolute Gasteiger partial charge is 0.261 e. The minimum absolute atomic E-state index is 0.0352. The number of nitrogens with zero attached hydrogens (tertiary/aromatic N) is 5. The third-order valence-electron chi connectivity index (χ3n) is 4.92. The topological polar surface area (TPSA) is 90.2 Å². The molecule has 0 spiro atoms. The van der Waals surface area contributed by atoms with Crippen LogP contribution in [0.25, 0.3) is 10.9 Å². The summed E-state index contributed by atoms with van der Waals surface area (Å²) in [6, 6.07) is 7.22. The van der Waals surface area contributed by atoms with Crippen LogP contribution in [-0.4, -0.2) is 49.5 Å². The molecule has 4 rings (SSSR count). The monoisotopic (exact) mass is 379 g/mol. The van der Waals surface area contributed by atoms with Gasteiger partial charge in [-0.15, -0.1) is 0 Å². The molecule has 8 nitrogen and oxygen atoms in total. The van der Waals surface area contributed by atoms with Crippen LogP contribution in [0.15, 0.2) is 54.0 Å². The van der Waals surface area contributed by atoms with Gasteiger partial charge in [-0.1, -0.05) is 12.1 Å². The molecule has 0 atom stereocenters. The number of carbonyl (C=O) groups excluding carboxylic acids is 1. The van der Waals surface area contributed by atoms with Gasteiger partial charge in [0.1, 0.15) is 6.10 Å². The number of para-hydroxylation sites is 1. The molecule has 0 N–H and O–H groups in total. The van der Waals surface area contributed by atoms with Gasteiger partial charge in [-0.05, 0) is 12.1 Å². The standard InChI is InChI=1S/C20H21N5O3/c26-19(7-12-25-14-23-17-4-2-1-3-16(17)20(25)27)24-10-5-15(6-11-24)28-18-13-21-8-9-22-18/h1-4,8-9,13-15H,5-7,10-12H2. The number of benzene rings is 1. The van der Waals surface area contributed by atoms with Gasteiger partial charge < -0.3 is 9.64 Å². The van der Waals surface area contributed by atoms with E-state index in [9.17, 15) is 9.59 Å². The summed E-state index contributed by atoms with van der Waals surface area (Å²) in [4.78, 5) is 39.3. The Bertz CT molecular complexity index is 1010. The number of hydrogen-bond donors (Lipinski definition) is 0. The predicted octanol–water partition coefficient (Wildman–Crippen LogP) is 1.65. The van der Waals surface area contributed by atoms with Crippen LogP contribution in [0.5, 0.6) is 5.88 Å². The van der Waals surface area contributed by atoms with Gasteiger partial charge >= 0.3 is 0 Å². The fourth-order valence-corrected chi connectivity index (χ4v) is 3.38. The van der Waals surface area contributed by atoms with E-state index in [2.05, 4.69) is 15.0 Å². The second kappa shape index (κ2) is 8.16. The first-order chi connectivity index (χ1) is 13.7. The fourth-order valence-electron chi connectivity index (χ4n) is 3.38. The normalized spacial score (nSPS) is 14.9. The second-order valence-electron chi connectivity index (χ2n) is 6.75. The van der Waals surface area contributed by atoms with E-state index < -0.39 is 0 Å². The maximum Gasteiger partial charge on any atom is 0.261 e. The molecule has 1 amide bonds. The number of fused-ring (bicyclic) bond motifs is 1. The molecule has 1 aromatic carbocycles. The second-order valence-corrected chi connectivity index (χ2v) is 6.75. The molecule has 1 aliphatic heterocycles. The summed E-state index contributed by atoms with van der Waals surface area (Å²) in [6.45, 7) is 1.59. The van der Waals surface area contributed by atoms with E-state index in [-0.39, 0.29) is 24.0 Å². The molecule has 0 saturated carbocycles. The van der Waals surface area contributed by atoms with Crippen molar-refractivity contribution in [2.75, 3.05) is 13.1 Å². The molecule has 0 unspecified atom stereocenters. The van der Waals surface area contributed by atoms with Gasteiger partial charge in [0.05, 0.1) is 23.4 Å². The highest BCUT2D eigenvalue weighted by molar-refractivity contribution is 5.77. The summed E-state index contributed by atoms with van der Waals surface area (Å²) in [5, 5.41) is 0.569. The molecular formula is C20H21N5O3. The largest absolute Gasteiger partial charge is 0.473 e. The molecule has 1 fully saturated rings. The highest BCUT2D eigenvalue weighted by Crippen LogP contribution is 2.17. The predicted molar refractivity (Wildman–Crippen MR) is 103 cm³/mol. The summed E-state index contributed by atoms with van der Waals surface area (Å²) in [5.41, 5.74) is 0.551. The summed E-state index contributed by atoms with van der Waals surface area (Å²) in [7, 11) is 0. The first kappa shape index (κ1) is 18.1. The Morgan fingerprint density at radius 3 is 2.75 bits per heavy atom. The molecule has 3 heterocycles. The number of aromatic nitrogens is 4. The Morgan fingerprint density at radius 2 is 1.96 bits per heavy atom. The average Bonchev–Trinajstić information content (AvgIpc) is 2.74. The maximum absolute atomic E-state index is 12.5. The number of piperidine rings is 1. The number of rotatable bonds is 5. The lowest BCUT2D eigenvalue weighted by Gasteiger charge is -2.32. The summed E-state index contributed by atoms with van der Waals surface area (Å²) in [6.07, 6.45) is 8.11.